The normalized spacial score (nSPS) is 15.5. The number of nitrogens with one attached hydrogen (secondary N) is 1. The molecule has 1 aliphatic rings. The highest BCUT2D eigenvalue weighted by atomic mass is 19.2. The molecule has 2 amide bonds. The van der Waals surface area contributed by atoms with Gasteiger partial charge in [0, 0.05) is 19.1 Å². The summed E-state index contributed by atoms with van der Waals surface area (Å²) in [6, 6.07) is 8.93. The first-order chi connectivity index (χ1) is 15.2. The fourth-order valence-electron chi connectivity index (χ4n) is 3.77. The van der Waals surface area contributed by atoms with Gasteiger partial charge in [-0.15, -0.1) is 0 Å². The van der Waals surface area contributed by atoms with Crippen molar-refractivity contribution in [3.63, 3.8) is 0 Å². The summed E-state index contributed by atoms with van der Waals surface area (Å²) in [5, 5.41) is 2.63. The molecule has 0 aromatic heterocycles. The molecule has 0 saturated carbocycles. The average molecular weight is 448 g/mol. The Hall–Kier alpha value is -3.03. The van der Waals surface area contributed by atoms with Crippen LogP contribution in [0.15, 0.2) is 36.4 Å². The van der Waals surface area contributed by atoms with Crippen LogP contribution in [0.3, 0.4) is 0 Å². The second kappa shape index (κ2) is 10.1. The van der Waals surface area contributed by atoms with Crippen molar-refractivity contribution in [2.45, 2.75) is 51.7 Å². The molecular weight excluding hydrogens is 421 g/mol. The molecule has 1 heterocycles. The number of rotatable bonds is 6. The maximum Gasteiger partial charge on any atom is 0.263 e. The van der Waals surface area contributed by atoms with E-state index in [0.717, 1.165) is 11.6 Å². The first kappa shape index (κ1) is 23.6. The van der Waals surface area contributed by atoms with E-state index in [1.54, 1.807) is 11.8 Å². The quantitative estimate of drug-likeness (QED) is 0.666. The second-order valence-electron chi connectivity index (χ2n) is 8.25. The lowest BCUT2D eigenvalue weighted by Crippen LogP contribution is -2.49. The van der Waals surface area contributed by atoms with Gasteiger partial charge in [0.05, 0.1) is 5.56 Å². The van der Waals surface area contributed by atoms with Crippen molar-refractivity contribution in [1.82, 2.24) is 10.2 Å². The lowest BCUT2D eigenvalue weighted by atomic mass is 10.0. The predicted molar refractivity (Wildman–Crippen MR) is 114 cm³/mol. The van der Waals surface area contributed by atoms with Crippen molar-refractivity contribution < 1.29 is 27.5 Å². The maximum atomic E-state index is 13.8. The van der Waals surface area contributed by atoms with E-state index < -0.39 is 35.0 Å². The molecule has 2 aromatic rings. The number of nitrogens with zero attached hydrogens (tertiary/aromatic N) is 1. The van der Waals surface area contributed by atoms with Crippen molar-refractivity contribution in [2.24, 2.45) is 0 Å². The van der Waals surface area contributed by atoms with Gasteiger partial charge in [0.2, 0.25) is 0 Å². The molecule has 1 fully saturated rings. The summed E-state index contributed by atoms with van der Waals surface area (Å²) >= 11 is 0. The molecular formula is C24H27F3N2O3. The summed E-state index contributed by atoms with van der Waals surface area (Å²) in [6.07, 6.45) is 0.244. The van der Waals surface area contributed by atoms with Gasteiger partial charge >= 0.3 is 0 Å². The summed E-state index contributed by atoms with van der Waals surface area (Å²) in [5.74, 6) is -4.56. The second-order valence-corrected chi connectivity index (χ2v) is 8.25. The molecule has 1 saturated heterocycles. The number of hydrogen-bond acceptors (Lipinski definition) is 3. The number of halogens is 3. The molecule has 1 N–H and O–H groups in total. The lowest BCUT2D eigenvalue weighted by Gasteiger charge is -2.34. The lowest BCUT2D eigenvalue weighted by molar-refractivity contribution is -0.139. The van der Waals surface area contributed by atoms with E-state index in [1.165, 1.54) is 0 Å². The zero-order chi connectivity index (χ0) is 23.4. The minimum absolute atomic E-state index is 0.153. The fourth-order valence-corrected chi connectivity index (χ4v) is 3.77. The third kappa shape index (κ3) is 5.23. The molecule has 0 spiro atoms. The predicted octanol–water partition coefficient (Wildman–Crippen LogP) is 4.42. The number of carbonyl (C=O) groups is 2. The highest BCUT2D eigenvalue weighted by Gasteiger charge is 2.29. The van der Waals surface area contributed by atoms with Gasteiger partial charge in [-0.3, -0.25) is 9.59 Å². The molecule has 3 rings (SSSR count). The third-order valence-electron chi connectivity index (χ3n) is 5.61. The molecule has 1 unspecified atom stereocenters. The van der Waals surface area contributed by atoms with Gasteiger partial charge in [0.15, 0.2) is 23.6 Å². The van der Waals surface area contributed by atoms with Crippen molar-refractivity contribution in [3.8, 4) is 5.75 Å². The Bertz CT molecular complexity index is 988. The standard InChI is InChI=1S/C24H27F3N2O3/c1-14(2)17-6-4-5-7-20(17)32-15(3)24(31)29-12-10-16(11-13-29)28-23(30)18-8-9-19(25)22(27)21(18)26/h4-9,14-16H,10-13H2,1-3H3,(H,28,30). The van der Waals surface area contributed by atoms with Gasteiger partial charge in [-0.2, -0.15) is 0 Å². The Kier molecular flexibility index (Phi) is 7.43. The molecule has 0 aliphatic carbocycles. The van der Waals surface area contributed by atoms with Crippen molar-refractivity contribution in [1.29, 1.82) is 0 Å². The van der Waals surface area contributed by atoms with Crippen LogP contribution in [0.5, 0.6) is 5.75 Å². The zero-order valence-corrected chi connectivity index (χ0v) is 18.3. The van der Waals surface area contributed by atoms with Crippen LogP contribution in [0.25, 0.3) is 0 Å². The molecule has 5 nitrogen and oxygen atoms in total. The monoisotopic (exact) mass is 448 g/mol. The smallest absolute Gasteiger partial charge is 0.263 e. The van der Waals surface area contributed by atoms with Crippen LogP contribution in [-0.2, 0) is 4.79 Å². The van der Waals surface area contributed by atoms with E-state index in [0.29, 0.717) is 37.7 Å². The highest BCUT2D eigenvalue weighted by Crippen LogP contribution is 2.27. The molecule has 32 heavy (non-hydrogen) atoms. The molecule has 0 radical (unpaired) electrons. The van der Waals surface area contributed by atoms with E-state index in [2.05, 4.69) is 19.2 Å². The minimum atomic E-state index is -1.67. The summed E-state index contributed by atoms with van der Waals surface area (Å²) < 4.78 is 46.2. The van der Waals surface area contributed by atoms with Crippen LogP contribution >= 0.6 is 0 Å². The Balaban J connectivity index is 1.55. The number of amides is 2. The first-order valence-corrected chi connectivity index (χ1v) is 10.7. The molecule has 2 aromatic carbocycles. The number of benzene rings is 2. The zero-order valence-electron chi connectivity index (χ0n) is 18.3. The summed E-state index contributed by atoms with van der Waals surface area (Å²) in [7, 11) is 0. The number of ether oxygens (including phenoxy) is 1. The Labute approximate surface area is 185 Å². The van der Waals surface area contributed by atoms with Gasteiger partial charge in [-0.25, -0.2) is 13.2 Å². The number of para-hydroxylation sites is 1. The number of hydrogen-bond donors (Lipinski definition) is 1. The summed E-state index contributed by atoms with van der Waals surface area (Å²) in [4.78, 5) is 26.8. The van der Waals surface area contributed by atoms with Gasteiger partial charge in [0.25, 0.3) is 11.8 Å². The molecule has 172 valence electrons. The van der Waals surface area contributed by atoms with E-state index in [1.807, 2.05) is 24.3 Å². The fraction of sp³-hybridized carbons (Fsp3) is 0.417. The summed E-state index contributed by atoms with van der Waals surface area (Å²) in [6.45, 7) is 6.60. The molecule has 1 aliphatic heterocycles. The van der Waals surface area contributed by atoms with Gasteiger partial charge < -0.3 is 15.0 Å². The Morgan fingerprint density at radius 3 is 2.31 bits per heavy atom. The van der Waals surface area contributed by atoms with E-state index >= 15 is 0 Å². The van der Waals surface area contributed by atoms with Gasteiger partial charge in [-0.1, -0.05) is 32.0 Å². The SMILES string of the molecule is CC(Oc1ccccc1C(C)C)C(=O)N1CCC(NC(=O)c2ccc(F)c(F)c2F)CC1. The Morgan fingerprint density at radius 2 is 1.66 bits per heavy atom. The van der Waals surface area contributed by atoms with Gasteiger partial charge in [0.1, 0.15) is 5.75 Å². The average Bonchev–Trinajstić information content (AvgIpc) is 2.77. The largest absolute Gasteiger partial charge is 0.481 e. The highest BCUT2D eigenvalue weighted by molar-refractivity contribution is 5.94. The van der Waals surface area contributed by atoms with Crippen LogP contribution in [0, 0.1) is 17.5 Å². The van der Waals surface area contributed by atoms with Crippen LogP contribution in [0.2, 0.25) is 0 Å². The van der Waals surface area contributed by atoms with Crippen LogP contribution < -0.4 is 10.1 Å². The molecule has 8 heteroatoms. The third-order valence-corrected chi connectivity index (χ3v) is 5.61. The van der Waals surface area contributed by atoms with Crippen molar-refractivity contribution >= 4 is 11.8 Å². The van der Waals surface area contributed by atoms with Crippen LogP contribution in [0.1, 0.15) is 55.5 Å². The van der Waals surface area contributed by atoms with E-state index in [-0.39, 0.29) is 17.9 Å². The molecule has 1 atom stereocenters. The molecule has 0 bridgehead atoms. The van der Waals surface area contributed by atoms with E-state index in [9.17, 15) is 22.8 Å². The Morgan fingerprint density at radius 1 is 1.00 bits per heavy atom. The summed E-state index contributed by atoms with van der Waals surface area (Å²) in [5.41, 5.74) is 0.478. The van der Waals surface area contributed by atoms with Crippen molar-refractivity contribution in [3.05, 3.63) is 65.0 Å². The van der Waals surface area contributed by atoms with Crippen LogP contribution in [-0.4, -0.2) is 41.9 Å². The van der Waals surface area contributed by atoms with Gasteiger partial charge in [-0.05, 0) is 49.4 Å². The maximum absolute atomic E-state index is 13.8. The number of carbonyl (C=O) groups excluding carboxylic acids is 2. The van der Waals surface area contributed by atoms with Crippen molar-refractivity contribution in [2.75, 3.05) is 13.1 Å². The minimum Gasteiger partial charge on any atom is -0.481 e. The number of piperidine rings is 1. The van der Waals surface area contributed by atoms with E-state index in [4.69, 9.17) is 4.74 Å². The first-order valence-electron chi connectivity index (χ1n) is 10.7. The van der Waals surface area contributed by atoms with Crippen LogP contribution in [0.4, 0.5) is 13.2 Å². The topological polar surface area (TPSA) is 58.6 Å². The number of likely N-dealkylation sites (tertiary alicyclic amines) is 1.